The van der Waals surface area contributed by atoms with Gasteiger partial charge in [-0.25, -0.2) is 0 Å². The van der Waals surface area contributed by atoms with Gasteiger partial charge in [-0.15, -0.1) is 0 Å². The monoisotopic (exact) mass is 426 g/mol. The van der Waals surface area contributed by atoms with Crippen molar-refractivity contribution >= 4 is 5.91 Å². The number of phenols is 2. The number of carbonyl (C=O) groups excluding carboxylic acids is 1. The van der Waals surface area contributed by atoms with Gasteiger partial charge in [-0.2, -0.15) is 0 Å². The number of benzene rings is 2. The van der Waals surface area contributed by atoms with Crippen LogP contribution in [0.3, 0.4) is 0 Å². The highest BCUT2D eigenvalue weighted by molar-refractivity contribution is 5.97. The van der Waals surface area contributed by atoms with Gasteiger partial charge in [0.25, 0.3) is 5.91 Å². The van der Waals surface area contributed by atoms with Crippen LogP contribution in [0.15, 0.2) is 30.3 Å². The lowest BCUT2D eigenvalue weighted by atomic mass is 9.83. The Balaban J connectivity index is 1.90. The minimum absolute atomic E-state index is 0.00846. The van der Waals surface area contributed by atoms with Gasteiger partial charge < -0.3 is 25.5 Å². The zero-order valence-electron chi connectivity index (χ0n) is 18.9. The summed E-state index contributed by atoms with van der Waals surface area (Å²) in [5, 5.41) is 34.8. The molecule has 1 aliphatic rings. The number of aliphatic hydroxyl groups is 1. The lowest BCUT2D eigenvalue weighted by molar-refractivity contribution is 0.00583. The first kappa shape index (κ1) is 23.1. The predicted octanol–water partition coefficient (Wildman–Crippen LogP) is 3.76. The maximum absolute atomic E-state index is 13.3. The normalized spacial score (nSPS) is 15.8. The van der Waals surface area contributed by atoms with E-state index in [0.29, 0.717) is 31.5 Å². The van der Waals surface area contributed by atoms with Gasteiger partial charge in [-0.3, -0.25) is 4.79 Å². The quantitative estimate of drug-likeness (QED) is 0.564. The molecule has 3 rings (SSSR count). The van der Waals surface area contributed by atoms with Gasteiger partial charge in [0.1, 0.15) is 11.5 Å². The Morgan fingerprint density at radius 2 is 1.81 bits per heavy atom. The molecule has 1 saturated heterocycles. The van der Waals surface area contributed by atoms with E-state index in [0.717, 1.165) is 29.8 Å². The molecule has 0 atom stereocenters. The predicted molar refractivity (Wildman–Crippen MR) is 121 cm³/mol. The third kappa shape index (κ3) is 4.86. The van der Waals surface area contributed by atoms with E-state index in [1.165, 1.54) is 6.07 Å². The van der Waals surface area contributed by atoms with Crippen LogP contribution in [0, 0.1) is 6.92 Å². The number of amides is 1. The number of piperidine rings is 1. The Morgan fingerprint density at radius 3 is 2.42 bits per heavy atom. The van der Waals surface area contributed by atoms with E-state index in [1.807, 2.05) is 45.9 Å². The molecule has 0 bridgehead atoms. The Labute approximate surface area is 184 Å². The van der Waals surface area contributed by atoms with Crippen LogP contribution in [-0.4, -0.2) is 45.8 Å². The molecule has 1 fully saturated rings. The number of hydrogen-bond acceptors (Lipinski definition) is 5. The number of nitrogens with zero attached hydrogens (tertiary/aromatic N) is 1. The van der Waals surface area contributed by atoms with Crippen molar-refractivity contribution in [3.63, 3.8) is 0 Å². The molecule has 0 aliphatic carbocycles. The van der Waals surface area contributed by atoms with Crippen LogP contribution in [0.1, 0.15) is 72.1 Å². The van der Waals surface area contributed by atoms with Crippen LogP contribution in [0.2, 0.25) is 0 Å². The summed E-state index contributed by atoms with van der Waals surface area (Å²) >= 11 is 0. The van der Waals surface area contributed by atoms with Crippen LogP contribution < -0.4 is 5.32 Å². The van der Waals surface area contributed by atoms with Gasteiger partial charge >= 0.3 is 0 Å². The summed E-state index contributed by atoms with van der Waals surface area (Å²) in [7, 11) is 0. The molecule has 168 valence electrons. The van der Waals surface area contributed by atoms with Crippen LogP contribution in [0.5, 0.6) is 11.5 Å². The van der Waals surface area contributed by atoms with Crippen LogP contribution in [-0.2, 0) is 12.1 Å². The molecule has 31 heavy (non-hydrogen) atoms. The number of aromatic hydroxyl groups is 2. The van der Waals surface area contributed by atoms with Crippen LogP contribution >= 0.6 is 0 Å². The van der Waals surface area contributed by atoms with Crippen molar-refractivity contribution in [3.8, 4) is 11.5 Å². The van der Waals surface area contributed by atoms with Crippen molar-refractivity contribution in [2.24, 2.45) is 0 Å². The molecule has 0 unspecified atom stereocenters. The first-order chi connectivity index (χ1) is 14.7. The second kappa shape index (κ2) is 9.28. The van der Waals surface area contributed by atoms with E-state index in [4.69, 9.17) is 0 Å². The Morgan fingerprint density at radius 1 is 1.13 bits per heavy atom. The molecule has 2 aromatic rings. The highest BCUT2D eigenvalue weighted by atomic mass is 16.3. The van der Waals surface area contributed by atoms with E-state index in [9.17, 15) is 20.1 Å². The van der Waals surface area contributed by atoms with E-state index < -0.39 is 5.60 Å². The molecule has 0 spiro atoms. The Hall–Kier alpha value is -2.57. The fourth-order valence-electron chi connectivity index (χ4n) is 4.19. The first-order valence-corrected chi connectivity index (χ1v) is 11.0. The second-order valence-electron chi connectivity index (χ2n) is 8.83. The third-order valence-electron chi connectivity index (χ3n) is 6.34. The fraction of sp³-hybridized carbons (Fsp3) is 0.480. The molecule has 6 nitrogen and oxygen atoms in total. The van der Waals surface area contributed by atoms with Gasteiger partial charge in [0.2, 0.25) is 0 Å². The summed E-state index contributed by atoms with van der Waals surface area (Å²) in [4.78, 5) is 15.0. The number of hydrogen-bond donors (Lipinski definition) is 4. The van der Waals surface area contributed by atoms with Gasteiger partial charge in [0.15, 0.2) is 0 Å². The minimum atomic E-state index is -0.851. The highest BCUT2D eigenvalue weighted by Crippen LogP contribution is 2.34. The molecule has 4 N–H and O–H groups in total. The maximum atomic E-state index is 13.3. The molecule has 1 heterocycles. The number of nitrogens with one attached hydrogen (secondary N) is 1. The SMILES string of the molecule is CCN(Cc1cc(C2(O)CCNCC2)ccc1C)C(=O)c1cc(C(C)C)c(O)cc1O. The van der Waals surface area contributed by atoms with Crippen molar-refractivity contribution in [3.05, 3.63) is 58.1 Å². The number of rotatable bonds is 6. The van der Waals surface area contributed by atoms with Crippen molar-refractivity contribution in [1.29, 1.82) is 0 Å². The average Bonchev–Trinajstić information content (AvgIpc) is 2.73. The fourth-order valence-corrected chi connectivity index (χ4v) is 4.19. The Bertz CT molecular complexity index is 949. The van der Waals surface area contributed by atoms with Gasteiger partial charge in [-0.1, -0.05) is 32.0 Å². The summed E-state index contributed by atoms with van der Waals surface area (Å²) in [6.45, 7) is 10.2. The maximum Gasteiger partial charge on any atom is 0.257 e. The van der Waals surface area contributed by atoms with Crippen LogP contribution in [0.25, 0.3) is 0 Å². The van der Waals surface area contributed by atoms with E-state index >= 15 is 0 Å². The zero-order valence-corrected chi connectivity index (χ0v) is 18.9. The van der Waals surface area contributed by atoms with Gasteiger partial charge in [-0.05, 0) is 74.0 Å². The number of phenolic OH excluding ortho intramolecular Hbond substituents is 2. The van der Waals surface area contributed by atoms with Crippen molar-refractivity contribution in [2.45, 2.75) is 58.6 Å². The van der Waals surface area contributed by atoms with Crippen molar-refractivity contribution < 1.29 is 20.1 Å². The van der Waals surface area contributed by atoms with Gasteiger partial charge in [0.05, 0.1) is 11.2 Å². The Kier molecular flexibility index (Phi) is 6.92. The lowest BCUT2D eigenvalue weighted by Crippen LogP contribution is -2.39. The zero-order chi connectivity index (χ0) is 22.8. The number of carbonyl (C=O) groups is 1. The topological polar surface area (TPSA) is 93.0 Å². The number of aryl methyl sites for hydroxylation is 1. The van der Waals surface area contributed by atoms with Crippen molar-refractivity contribution in [1.82, 2.24) is 10.2 Å². The summed E-state index contributed by atoms with van der Waals surface area (Å²) in [6, 6.07) is 8.81. The lowest BCUT2D eigenvalue weighted by Gasteiger charge is -2.34. The van der Waals surface area contributed by atoms with E-state index in [-0.39, 0.29) is 28.9 Å². The first-order valence-electron chi connectivity index (χ1n) is 11.0. The summed E-state index contributed by atoms with van der Waals surface area (Å²) < 4.78 is 0. The summed E-state index contributed by atoms with van der Waals surface area (Å²) in [5.41, 5.74) is 2.87. The molecule has 2 aromatic carbocycles. The molecular formula is C25H34N2O4. The van der Waals surface area contributed by atoms with E-state index in [2.05, 4.69) is 5.32 Å². The van der Waals surface area contributed by atoms with Crippen molar-refractivity contribution in [2.75, 3.05) is 19.6 Å². The third-order valence-corrected chi connectivity index (χ3v) is 6.34. The van der Waals surface area contributed by atoms with Gasteiger partial charge in [0, 0.05) is 19.2 Å². The van der Waals surface area contributed by atoms with Crippen LogP contribution in [0.4, 0.5) is 0 Å². The highest BCUT2D eigenvalue weighted by Gasteiger charge is 2.31. The average molecular weight is 427 g/mol. The molecule has 0 saturated carbocycles. The smallest absolute Gasteiger partial charge is 0.257 e. The summed E-state index contributed by atoms with van der Waals surface area (Å²) in [6.07, 6.45) is 1.32. The second-order valence-corrected chi connectivity index (χ2v) is 8.83. The molecule has 1 amide bonds. The molecule has 0 aromatic heterocycles. The standard InChI is InChI=1S/C25H34N2O4/c1-5-27(24(30)21-13-20(16(2)3)22(28)14-23(21)29)15-18-12-19(7-6-17(18)4)25(31)8-10-26-11-9-25/h6-7,12-14,16,26,28-29,31H,5,8-11,15H2,1-4H3. The molecule has 0 radical (unpaired) electrons. The minimum Gasteiger partial charge on any atom is -0.508 e. The molecule has 6 heteroatoms. The largest absolute Gasteiger partial charge is 0.508 e. The molecular weight excluding hydrogens is 392 g/mol. The molecule has 1 aliphatic heterocycles. The van der Waals surface area contributed by atoms with E-state index in [1.54, 1.807) is 11.0 Å². The summed E-state index contributed by atoms with van der Waals surface area (Å²) in [5.74, 6) is -0.496.